The van der Waals surface area contributed by atoms with Gasteiger partial charge in [-0.3, -0.25) is 0 Å². The molecule has 2 rings (SSSR count). The van der Waals surface area contributed by atoms with E-state index in [0.717, 1.165) is 59.2 Å². The van der Waals surface area contributed by atoms with Gasteiger partial charge < -0.3 is 5.73 Å². The van der Waals surface area contributed by atoms with Crippen LogP contribution < -0.4 is 5.73 Å². The molecule has 0 aliphatic heterocycles. The molecule has 134 valence electrons. The van der Waals surface area contributed by atoms with Crippen LogP contribution in [0.2, 0.25) is 0 Å². The number of rotatable bonds is 4. The van der Waals surface area contributed by atoms with E-state index in [1.54, 1.807) is 0 Å². The number of benzene rings is 2. The van der Waals surface area contributed by atoms with Gasteiger partial charge in [0.05, 0.1) is 0 Å². The van der Waals surface area contributed by atoms with Crippen LogP contribution in [0.5, 0.6) is 0 Å². The summed E-state index contributed by atoms with van der Waals surface area (Å²) in [6.45, 7) is 4.33. The van der Waals surface area contributed by atoms with Crippen molar-refractivity contribution < 1.29 is 0 Å². The third-order valence-electron chi connectivity index (χ3n) is 4.04. The highest BCUT2D eigenvalue weighted by atomic mass is 14.5. The SMILES string of the molecule is C#Cc1ccc(C#CC(CCC)=C(C#Cc2ccc(N)cc2)CCC)cc1. The molecule has 1 nitrogen and oxygen atoms in total. The Balaban J connectivity index is 2.37. The summed E-state index contributed by atoms with van der Waals surface area (Å²) in [5.74, 6) is 15.9. The zero-order valence-electron chi connectivity index (χ0n) is 16.1. The summed E-state index contributed by atoms with van der Waals surface area (Å²) in [7, 11) is 0. The summed E-state index contributed by atoms with van der Waals surface area (Å²) in [5.41, 5.74) is 11.5. The Kier molecular flexibility index (Phi) is 7.85. The maximum atomic E-state index is 5.74. The zero-order valence-corrected chi connectivity index (χ0v) is 16.1. The number of anilines is 1. The third-order valence-corrected chi connectivity index (χ3v) is 4.04. The van der Waals surface area contributed by atoms with Crippen LogP contribution >= 0.6 is 0 Å². The lowest BCUT2D eigenvalue weighted by Gasteiger charge is -2.04. The van der Waals surface area contributed by atoms with Crippen LogP contribution in [0.1, 0.15) is 56.2 Å². The van der Waals surface area contributed by atoms with Gasteiger partial charge in [0.2, 0.25) is 0 Å². The lowest BCUT2D eigenvalue weighted by atomic mass is 9.99. The predicted molar refractivity (Wildman–Crippen MR) is 116 cm³/mol. The molecule has 27 heavy (non-hydrogen) atoms. The van der Waals surface area contributed by atoms with Crippen molar-refractivity contribution >= 4 is 5.69 Å². The highest BCUT2D eigenvalue weighted by Crippen LogP contribution is 2.16. The van der Waals surface area contributed by atoms with E-state index in [-0.39, 0.29) is 0 Å². The normalized spacial score (nSPS) is 10.6. The Morgan fingerprint density at radius 1 is 0.741 bits per heavy atom. The van der Waals surface area contributed by atoms with Crippen molar-refractivity contribution in [3.05, 3.63) is 76.4 Å². The van der Waals surface area contributed by atoms with Crippen molar-refractivity contribution in [2.24, 2.45) is 0 Å². The second kappa shape index (κ2) is 10.6. The van der Waals surface area contributed by atoms with E-state index < -0.39 is 0 Å². The van der Waals surface area contributed by atoms with Gasteiger partial charge in [0.1, 0.15) is 0 Å². The van der Waals surface area contributed by atoms with Crippen molar-refractivity contribution in [2.75, 3.05) is 5.73 Å². The largest absolute Gasteiger partial charge is 0.399 e. The number of terminal acetylenes is 1. The highest BCUT2D eigenvalue weighted by Gasteiger charge is 2.02. The fourth-order valence-electron chi connectivity index (χ4n) is 2.59. The van der Waals surface area contributed by atoms with Crippen LogP contribution in [-0.4, -0.2) is 0 Å². The fraction of sp³-hybridized carbons (Fsp3) is 0.231. The van der Waals surface area contributed by atoms with E-state index in [0.29, 0.717) is 0 Å². The minimum Gasteiger partial charge on any atom is -0.399 e. The van der Waals surface area contributed by atoms with Crippen LogP contribution in [0.25, 0.3) is 0 Å². The standard InChI is InChI=1S/C26H25N/c1-4-7-24(17-13-22-11-9-21(6-3)10-12-22)25(8-5-2)18-14-23-15-19-26(27)20-16-23/h3,9-12,15-16,19-20H,4-5,7-8,27H2,1-2H3. The van der Waals surface area contributed by atoms with Crippen molar-refractivity contribution in [3.63, 3.8) is 0 Å². The number of hydrogen-bond donors (Lipinski definition) is 1. The van der Waals surface area contributed by atoms with Crippen LogP contribution in [0.4, 0.5) is 5.69 Å². The summed E-state index contributed by atoms with van der Waals surface area (Å²) >= 11 is 0. The first kappa shape index (κ1) is 20.0. The smallest absolute Gasteiger partial charge is 0.0314 e. The van der Waals surface area contributed by atoms with E-state index in [1.165, 1.54) is 0 Å². The second-order valence-corrected chi connectivity index (χ2v) is 6.30. The molecular weight excluding hydrogens is 326 g/mol. The van der Waals surface area contributed by atoms with Gasteiger partial charge in [0.15, 0.2) is 0 Å². The van der Waals surface area contributed by atoms with E-state index >= 15 is 0 Å². The molecule has 0 spiro atoms. The molecule has 0 fully saturated rings. The summed E-state index contributed by atoms with van der Waals surface area (Å²) in [5, 5.41) is 0. The molecule has 0 aliphatic carbocycles. The van der Waals surface area contributed by atoms with Gasteiger partial charge in [-0.25, -0.2) is 0 Å². The Labute approximate surface area is 163 Å². The fourth-order valence-corrected chi connectivity index (χ4v) is 2.59. The lowest BCUT2D eigenvalue weighted by Crippen LogP contribution is -1.90. The van der Waals surface area contributed by atoms with Gasteiger partial charge in [-0.1, -0.05) is 56.3 Å². The van der Waals surface area contributed by atoms with Crippen molar-refractivity contribution in [1.82, 2.24) is 0 Å². The topological polar surface area (TPSA) is 26.0 Å². The molecule has 2 aromatic carbocycles. The maximum absolute atomic E-state index is 5.74. The molecule has 0 saturated heterocycles. The van der Waals surface area contributed by atoms with Crippen molar-refractivity contribution in [1.29, 1.82) is 0 Å². The average Bonchev–Trinajstić information content (AvgIpc) is 2.70. The molecule has 0 heterocycles. The Bertz CT molecular complexity index is 944. The van der Waals surface area contributed by atoms with Crippen LogP contribution in [0.3, 0.4) is 0 Å². The van der Waals surface area contributed by atoms with Gasteiger partial charge in [0, 0.05) is 33.5 Å². The molecule has 0 saturated carbocycles. The van der Waals surface area contributed by atoms with Crippen LogP contribution in [0, 0.1) is 36.0 Å². The van der Waals surface area contributed by atoms with Gasteiger partial charge in [-0.2, -0.15) is 0 Å². The van der Waals surface area contributed by atoms with Gasteiger partial charge in [-0.05, 0) is 61.4 Å². The van der Waals surface area contributed by atoms with Crippen LogP contribution in [-0.2, 0) is 0 Å². The minimum absolute atomic E-state index is 0.748. The molecule has 0 amide bonds. The lowest BCUT2D eigenvalue weighted by molar-refractivity contribution is 0.879. The molecule has 1 heteroatoms. The third kappa shape index (κ3) is 6.47. The molecular formula is C26H25N. The Morgan fingerprint density at radius 3 is 1.56 bits per heavy atom. The molecule has 0 aliphatic rings. The summed E-state index contributed by atoms with van der Waals surface area (Å²) < 4.78 is 0. The minimum atomic E-state index is 0.748. The van der Waals surface area contributed by atoms with E-state index in [4.69, 9.17) is 12.2 Å². The second-order valence-electron chi connectivity index (χ2n) is 6.30. The van der Waals surface area contributed by atoms with E-state index in [2.05, 4.69) is 43.4 Å². The summed E-state index contributed by atoms with van der Waals surface area (Å²) in [4.78, 5) is 0. The van der Waals surface area contributed by atoms with E-state index in [9.17, 15) is 0 Å². The molecule has 0 aromatic heterocycles. The molecule has 0 bridgehead atoms. The highest BCUT2D eigenvalue weighted by molar-refractivity contribution is 5.51. The van der Waals surface area contributed by atoms with Crippen molar-refractivity contribution in [2.45, 2.75) is 39.5 Å². The average molecular weight is 351 g/mol. The molecule has 2 N–H and O–H groups in total. The summed E-state index contributed by atoms with van der Waals surface area (Å²) in [6.07, 6.45) is 9.35. The quantitative estimate of drug-likeness (QED) is 0.567. The first-order valence-electron chi connectivity index (χ1n) is 9.34. The first-order valence-corrected chi connectivity index (χ1v) is 9.34. The summed E-state index contributed by atoms with van der Waals surface area (Å²) in [6, 6.07) is 15.4. The first-order chi connectivity index (χ1) is 13.2. The van der Waals surface area contributed by atoms with E-state index in [1.807, 2.05) is 48.5 Å². The number of allylic oxidation sites excluding steroid dienone is 2. The predicted octanol–water partition coefficient (Wildman–Crippen LogP) is 5.55. The number of hydrogen-bond acceptors (Lipinski definition) is 1. The Hall–Kier alpha value is -3.34. The van der Waals surface area contributed by atoms with Crippen LogP contribution in [0.15, 0.2) is 59.7 Å². The molecule has 2 aromatic rings. The zero-order chi connectivity index (χ0) is 19.5. The monoisotopic (exact) mass is 351 g/mol. The Morgan fingerprint density at radius 2 is 1.15 bits per heavy atom. The number of nitrogen functional groups attached to an aromatic ring is 1. The molecule has 0 radical (unpaired) electrons. The molecule has 0 unspecified atom stereocenters. The van der Waals surface area contributed by atoms with Crippen molar-refractivity contribution in [3.8, 4) is 36.0 Å². The van der Waals surface area contributed by atoms with Gasteiger partial charge in [-0.15, -0.1) is 6.42 Å². The maximum Gasteiger partial charge on any atom is 0.0314 e. The molecule has 0 atom stereocenters. The van der Waals surface area contributed by atoms with Gasteiger partial charge >= 0.3 is 0 Å². The number of nitrogens with two attached hydrogens (primary N) is 1. The van der Waals surface area contributed by atoms with Gasteiger partial charge in [0.25, 0.3) is 0 Å².